The van der Waals surface area contributed by atoms with Gasteiger partial charge in [-0.05, 0) is 23.6 Å². The van der Waals surface area contributed by atoms with E-state index in [-0.39, 0.29) is 11.7 Å². The molecular weight excluding hydrogens is 209 g/mol. The van der Waals surface area contributed by atoms with E-state index in [1.165, 1.54) is 12.1 Å². The van der Waals surface area contributed by atoms with Crippen molar-refractivity contribution in [2.24, 2.45) is 5.92 Å². The summed E-state index contributed by atoms with van der Waals surface area (Å²) >= 11 is 0. The van der Waals surface area contributed by atoms with Crippen molar-refractivity contribution in [3.8, 4) is 5.75 Å². The fraction of sp³-hybridized carbons (Fsp3) is 0.500. The van der Waals surface area contributed by atoms with Gasteiger partial charge in [-0.3, -0.25) is 0 Å². The molecule has 0 saturated heterocycles. The number of halogens is 1. The van der Waals surface area contributed by atoms with E-state index in [0.29, 0.717) is 18.7 Å². The number of rotatable bonds is 5. The van der Waals surface area contributed by atoms with Crippen molar-refractivity contribution in [3.05, 3.63) is 29.6 Å². The van der Waals surface area contributed by atoms with Crippen molar-refractivity contribution in [1.29, 1.82) is 0 Å². The van der Waals surface area contributed by atoms with Crippen LogP contribution in [0.1, 0.15) is 19.4 Å². The van der Waals surface area contributed by atoms with Gasteiger partial charge in [0.05, 0.1) is 6.10 Å². The molecule has 0 amide bonds. The third-order valence-corrected chi connectivity index (χ3v) is 2.39. The van der Waals surface area contributed by atoms with Crippen LogP contribution in [0, 0.1) is 11.7 Å². The fourth-order valence-corrected chi connectivity index (χ4v) is 1.34. The molecule has 0 aliphatic rings. The first-order chi connectivity index (χ1) is 7.49. The number of aliphatic hydroxyl groups is 1. The highest BCUT2D eigenvalue weighted by atomic mass is 19.1. The molecule has 3 N–H and O–H groups in total. The van der Waals surface area contributed by atoms with E-state index < -0.39 is 11.9 Å². The SMILES string of the molecule is CC(C)C(O)CNCc1cc(O)cc(F)c1. The summed E-state index contributed by atoms with van der Waals surface area (Å²) in [7, 11) is 0. The Morgan fingerprint density at radius 3 is 2.56 bits per heavy atom. The van der Waals surface area contributed by atoms with E-state index >= 15 is 0 Å². The Hall–Kier alpha value is -1.13. The quantitative estimate of drug-likeness (QED) is 0.716. The molecule has 1 aromatic rings. The van der Waals surface area contributed by atoms with Crippen LogP contribution in [0.5, 0.6) is 5.75 Å². The predicted molar refractivity (Wildman–Crippen MR) is 60.6 cm³/mol. The second-order valence-electron chi connectivity index (χ2n) is 4.26. The third kappa shape index (κ3) is 4.16. The van der Waals surface area contributed by atoms with Crippen LogP contribution in [0.4, 0.5) is 4.39 Å². The van der Waals surface area contributed by atoms with Gasteiger partial charge in [-0.15, -0.1) is 0 Å². The zero-order valence-corrected chi connectivity index (χ0v) is 9.57. The van der Waals surface area contributed by atoms with Gasteiger partial charge < -0.3 is 15.5 Å². The Balaban J connectivity index is 2.43. The Bertz CT molecular complexity index is 322. The van der Waals surface area contributed by atoms with Crippen molar-refractivity contribution < 1.29 is 14.6 Å². The number of phenolic OH excluding ortho intramolecular Hbond substituents is 1. The first kappa shape index (κ1) is 12.9. The smallest absolute Gasteiger partial charge is 0.127 e. The second kappa shape index (κ2) is 5.82. The van der Waals surface area contributed by atoms with E-state index in [4.69, 9.17) is 0 Å². The number of phenols is 1. The van der Waals surface area contributed by atoms with Crippen molar-refractivity contribution in [1.82, 2.24) is 5.32 Å². The van der Waals surface area contributed by atoms with Crippen LogP contribution < -0.4 is 5.32 Å². The summed E-state index contributed by atoms with van der Waals surface area (Å²) in [5.74, 6) is -0.351. The minimum absolute atomic E-state index is 0.0822. The first-order valence-corrected chi connectivity index (χ1v) is 5.36. The van der Waals surface area contributed by atoms with E-state index in [1.807, 2.05) is 13.8 Å². The van der Waals surface area contributed by atoms with Gasteiger partial charge in [-0.25, -0.2) is 4.39 Å². The number of hydrogen-bond donors (Lipinski definition) is 3. The molecule has 0 aliphatic heterocycles. The van der Waals surface area contributed by atoms with E-state index in [9.17, 15) is 14.6 Å². The highest BCUT2D eigenvalue weighted by molar-refractivity contribution is 5.28. The van der Waals surface area contributed by atoms with Crippen molar-refractivity contribution >= 4 is 0 Å². The topological polar surface area (TPSA) is 52.5 Å². The molecular formula is C12H18FNO2. The number of nitrogens with one attached hydrogen (secondary N) is 1. The molecule has 0 heterocycles. The molecule has 0 saturated carbocycles. The monoisotopic (exact) mass is 227 g/mol. The lowest BCUT2D eigenvalue weighted by Crippen LogP contribution is -2.30. The molecule has 4 heteroatoms. The molecule has 0 spiro atoms. The first-order valence-electron chi connectivity index (χ1n) is 5.36. The number of hydrogen-bond acceptors (Lipinski definition) is 3. The van der Waals surface area contributed by atoms with Gasteiger partial charge in [0.25, 0.3) is 0 Å². The molecule has 1 aromatic carbocycles. The Labute approximate surface area is 94.9 Å². The molecule has 1 atom stereocenters. The third-order valence-electron chi connectivity index (χ3n) is 2.39. The maximum Gasteiger partial charge on any atom is 0.127 e. The molecule has 90 valence electrons. The average molecular weight is 227 g/mol. The summed E-state index contributed by atoms with van der Waals surface area (Å²) in [4.78, 5) is 0. The average Bonchev–Trinajstić information content (AvgIpc) is 2.15. The van der Waals surface area contributed by atoms with Gasteiger partial charge in [0.2, 0.25) is 0 Å². The lowest BCUT2D eigenvalue weighted by atomic mass is 10.1. The Morgan fingerprint density at radius 2 is 2.00 bits per heavy atom. The summed E-state index contributed by atoms with van der Waals surface area (Å²) < 4.78 is 12.9. The second-order valence-corrected chi connectivity index (χ2v) is 4.26. The van der Waals surface area contributed by atoms with Crippen molar-refractivity contribution in [3.63, 3.8) is 0 Å². The van der Waals surface area contributed by atoms with Gasteiger partial charge in [-0.2, -0.15) is 0 Å². The maximum absolute atomic E-state index is 12.9. The normalized spacial score (nSPS) is 13.1. The molecule has 3 nitrogen and oxygen atoms in total. The van der Waals surface area contributed by atoms with Gasteiger partial charge in [-0.1, -0.05) is 13.8 Å². The van der Waals surface area contributed by atoms with Gasteiger partial charge in [0.15, 0.2) is 0 Å². The van der Waals surface area contributed by atoms with Crippen LogP contribution >= 0.6 is 0 Å². The fourth-order valence-electron chi connectivity index (χ4n) is 1.34. The van der Waals surface area contributed by atoms with Crippen LogP contribution in [-0.2, 0) is 6.54 Å². The molecule has 16 heavy (non-hydrogen) atoms. The van der Waals surface area contributed by atoms with E-state index in [1.54, 1.807) is 0 Å². The van der Waals surface area contributed by atoms with Crippen molar-refractivity contribution in [2.45, 2.75) is 26.5 Å². The van der Waals surface area contributed by atoms with Gasteiger partial charge >= 0.3 is 0 Å². The molecule has 0 bridgehead atoms. The molecule has 0 aliphatic carbocycles. The lowest BCUT2D eigenvalue weighted by molar-refractivity contribution is 0.123. The summed E-state index contributed by atoms with van der Waals surface area (Å²) in [6, 6.07) is 3.92. The minimum atomic E-state index is -0.457. The standard InChI is InChI=1S/C12H18FNO2/c1-8(2)12(16)7-14-6-9-3-10(13)5-11(15)4-9/h3-5,8,12,14-16H,6-7H2,1-2H3. The molecule has 1 unspecified atom stereocenters. The number of aromatic hydroxyl groups is 1. The summed E-state index contributed by atoms with van der Waals surface area (Å²) in [6.45, 7) is 4.74. The lowest BCUT2D eigenvalue weighted by Gasteiger charge is -2.15. The number of aliphatic hydroxyl groups excluding tert-OH is 1. The van der Waals surface area contributed by atoms with Gasteiger partial charge in [0.1, 0.15) is 11.6 Å². The number of benzene rings is 1. The summed E-state index contributed by atoms with van der Waals surface area (Å²) in [5, 5.41) is 21.7. The molecule has 0 aromatic heterocycles. The van der Waals surface area contributed by atoms with Crippen LogP contribution in [0.2, 0.25) is 0 Å². The molecule has 0 fully saturated rings. The predicted octanol–water partition coefficient (Wildman–Crippen LogP) is 1.64. The highest BCUT2D eigenvalue weighted by Crippen LogP contribution is 2.14. The molecule has 1 rings (SSSR count). The van der Waals surface area contributed by atoms with E-state index in [2.05, 4.69) is 5.32 Å². The van der Waals surface area contributed by atoms with Gasteiger partial charge in [0, 0.05) is 19.2 Å². The highest BCUT2D eigenvalue weighted by Gasteiger charge is 2.08. The van der Waals surface area contributed by atoms with Crippen molar-refractivity contribution in [2.75, 3.05) is 6.54 Å². The zero-order chi connectivity index (χ0) is 12.1. The zero-order valence-electron chi connectivity index (χ0n) is 9.57. The van der Waals surface area contributed by atoms with Crippen LogP contribution in [0.15, 0.2) is 18.2 Å². The maximum atomic E-state index is 12.9. The summed E-state index contributed by atoms with van der Waals surface area (Å²) in [5.41, 5.74) is 0.661. The Morgan fingerprint density at radius 1 is 1.31 bits per heavy atom. The van der Waals surface area contributed by atoms with Crippen LogP contribution in [0.25, 0.3) is 0 Å². The molecule has 0 radical (unpaired) electrons. The van der Waals surface area contributed by atoms with E-state index in [0.717, 1.165) is 6.07 Å². The largest absolute Gasteiger partial charge is 0.508 e. The minimum Gasteiger partial charge on any atom is -0.508 e. The van der Waals surface area contributed by atoms with Crippen LogP contribution in [-0.4, -0.2) is 22.9 Å². The van der Waals surface area contributed by atoms with Crippen LogP contribution in [0.3, 0.4) is 0 Å². The Kier molecular flexibility index (Phi) is 4.71. The summed E-state index contributed by atoms with van der Waals surface area (Å²) in [6.07, 6.45) is -0.415.